The van der Waals surface area contributed by atoms with E-state index < -0.39 is 11.8 Å². The number of carboxylic acids is 1. The largest absolute Gasteiger partial charge is 0.507 e. The van der Waals surface area contributed by atoms with Gasteiger partial charge in [0.2, 0.25) is 5.76 Å². The third kappa shape index (κ3) is 2.01. The molecule has 2 aromatic rings. The Bertz CT molecular complexity index is 596. The quantitative estimate of drug-likeness (QED) is 0.891. The van der Waals surface area contributed by atoms with Crippen LogP contribution in [0, 0.1) is 5.82 Å². The molecule has 0 saturated heterocycles. The Morgan fingerprint density at radius 3 is 2.76 bits per heavy atom. The Morgan fingerprint density at radius 2 is 2.18 bits per heavy atom. The van der Waals surface area contributed by atoms with Crippen molar-refractivity contribution in [2.45, 2.75) is 0 Å². The predicted molar refractivity (Wildman–Crippen MR) is 58.2 cm³/mol. The lowest BCUT2D eigenvalue weighted by Crippen LogP contribution is -1.91. The van der Waals surface area contributed by atoms with Crippen LogP contribution in [0.2, 0.25) is 0 Å². The molecule has 1 aromatic carbocycles. The van der Waals surface area contributed by atoms with Crippen LogP contribution in [-0.2, 0) is 0 Å². The van der Waals surface area contributed by atoms with Gasteiger partial charge in [0.15, 0.2) is 5.82 Å². The molecule has 0 atom stereocenters. The standard InChI is InChI=1S/C10H5BrFNO4/c11-8-6(14)2-1-4(9(8)12)5-3-7(10(15)16)17-13-5/h1-3,14H,(H,15,16). The maximum atomic E-state index is 13.7. The first-order valence-electron chi connectivity index (χ1n) is 4.38. The summed E-state index contributed by atoms with van der Waals surface area (Å²) < 4.78 is 18.1. The van der Waals surface area contributed by atoms with Crippen molar-refractivity contribution < 1.29 is 23.9 Å². The zero-order valence-electron chi connectivity index (χ0n) is 8.15. The van der Waals surface area contributed by atoms with Crippen LogP contribution in [0.25, 0.3) is 11.3 Å². The highest BCUT2D eigenvalue weighted by atomic mass is 79.9. The first-order chi connectivity index (χ1) is 8.00. The molecule has 2 rings (SSSR count). The average molecular weight is 302 g/mol. The number of benzene rings is 1. The number of hydrogen-bond donors (Lipinski definition) is 2. The number of phenolic OH excluding ortho intramolecular Hbond substituents is 1. The molecule has 2 N–H and O–H groups in total. The van der Waals surface area contributed by atoms with Crippen molar-refractivity contribution in [2.75, 3.05) is 0 Å². The molecule has 17 heavy (non-hydrogen) atoms. The fourth-order valence-electron chi connectivity index (χ4n) is 1.24. The number of halogens is 2. The van der Waals surface area contributed by atoms with Gasteiger partial charge >= 0.3 is 5.97 Å². The van der Waals surface area contributed by atoms with Gasteiger partial charge in [0.05, 0.1) is 4.47 Å². The van der Waals surface area contributed by atoms with E-state index in [1.54, 1.807) is 0 Å². The smallest absolute Gasteiger partial charge is 0.374 e. The number of aromatic hydroxyl groups is 1. The number of phenols is 1. The minimum atomic E-state index is -1.29. The van der Waals surface area contributed by atoms with Crippen molar-refractivity contribution >= 4 is 21.9 Å². The van der Waals surface area contributed by atoms with E-state index in [9.17, 15) is 14.3 Å². The minimum absolute atomic E-state index is 0.0333. The van der Waals surface area contributed by atoms with E-state index in [0.29, 0.717) is 0 Å². The molecule has 0 aliphatic carbocycles. The lowest BCUT2D eigenvalue weighted by atomic mass is 10.1. The van der Waals surface area contributed by atoms with Crippen LogP contribution in [0.1, 0.15) is 10.6 Å². The average Bonchev–Trinajstić information content (AvgIpc) is 2.75. The third-order valence-corrected chi connectivity index (χ3v) is 2.81. The Kier molecular flexibility index (Phi) is 2.84. The second kappa shape index (κ2) is 4.17. The van der Waals surface area contributed by atoms with Gasteiger partial charge in [-0.05, 0) is 28.1 Å². The summed E-state index contributed by atoms with van der Waals surface area (Å²) in [5, 5.41) is 21.3. The summed E-state index contributed by atoms with van der Waals surface area (Å²) >= 11 is 2.86. The number of aromatic nitrogens is 1. The van der Waals surface area contributed by atoms with Crippen molar-refractivity contribution in [3.05, 3.63) is 34.2 Å². The topological polar surface area (TPSA) is 83.6 Å². The highest BCUT2D eigenvalue weighted by molar-refractivity contribution is 9.10. The van der Waals surface area contributed by atoms with Crippen LogP contribution >= 0.6 is 15.9 Å². The Hall–Kier alpha value is -1.89. The second-order valence-electron chi connectivity index (χ2n) is 3.14. The molecule has 1 aromatic heterocycles. The van der Waals surface area contributed by atoms with Crippen LogP contribution in [0.15, 0.2) is 27.2 Å². The Labute approximate surface area is 103 Å². The van der Waals surface area contributed by atoms with E-state index in [-0.39, 0.29) is 27.2 Å². The van der Waals surface area contributed by atoms with Gasteiger partial charge in [-0.25, -0.2) is 9.18 Å². The molecule has 0 unspecified atom stereocenters. The summed E-state index contributed by atoms with van der Waals surface area (Å²) in [5.74, 6) is -2.67. The summed E-state index contributed by atoms with van der Waals surface area (Å²) in [4.78, 5) is 10.6. The third-order valence-electron chi connectivity index (χ3n) is 2.06. The molecule has 0 fully saturated rings. The van der Waals surface area contributed by atoms with Gasteiger partial charge in [-0.3, -0.25) is 0 Å². The highest BCUT2D eigenvalue weighted by Crippen LogP contribution is 2.33. The number of carbonyl (C=O) groups is 1. The van der Waals surface area contributed by atoms with Crippen molar-refractivity contribution in [1.82, 2.24) is 5.16 Å². The number of aromatic carboxylic acids is 1. The maximum absolute atomic E-state index is 13.7. The second-order valence-corrected chi connectivity index (χ2v) is 3.93. The van der Waals surface area contributed by atoms with E-state index in [2.05, 4.69) is 25.6 Å². The Balaban J connectivity index is 2.53. The van der Waals surface area contributed by atoms with Crippen LogP contribution in [-0.4, -0.2) is 21.3 Å². The summed E-state index contributed by atoms with van der Waals surface area (Å²) in [6.45, 7) is 0. The first kappa shape index (κ1) is 11.6. The fraction of sp³-hybridized carbons (Fsp3) is 0. The number of nitrogens with zero attached hydrogens (tertiary/aromatic N) is 1. The summed E-state index contributed by atoms with van der Waals surface area (Å²) in [5.41, 5.74) is 0.0755. The van der Waals surface area contributed by atoms with Gasteiger partial charge in [-0.2, -0.15) is 0 Å². The van der Waals surface area contributed by atoms with Gasteiger partial charge in [0, 0.05) is 11.6 Å². The molecule has 0 radical (unpaired) electrons. The van der Waals surface area contributed by atoms with E-state index in [1.807, 2.05) is 0 Å². The van der Waals surface area contributed by atoms with Gasteiger partial charge in [-0.15, -0.1) is 0 Å². The highest BCUT2D eigenvalue weighted by Gasteiger charge is 2.17. The lowest BCUT2D eigenvalue weighted by molar-refractivity contribution is 0.0652. The molecule has 0 aliphatic heterocycles. The lowest BCUT2D eigenvalue weighted by Gasteiger charge is -2.02. The fourth-order valence-corrected chi connectivity index (χ4v) is 1.59. The number of hydrogen-bond acceptors (Lipinski definition) is 4. The van der Waals surface area contributed by atoms with E-state index in [1.165, 1.54) is 12.1 Å². The molecule has 0 amide bonds. The monoisotopic (exact) mass is 301 g/mol. The van der Waals surface area contributed by atoms with Crippen LogP contribution < -0.4 is 0 Å². The minimum Gasteiger partial charge on any atom is -0.507 e. The van der Waals surface area contributed by atoms with Gasteiger partial charge in [-0.1, -0.05) is 5.16 Å². The predicted octanol–water partition coefficient (Wildman–Crippen LogP) is 2.65. The van der Waals surface area contributed by atoms with Crippen LogP contribution in [0.5, 0.6) is 5.75 Å². The van der Waals surface area contributed by atoms with E-state index in [0.717, 1.165) is 6.07 Å². The normalized spacial score (nSPS) is 10.5. The summed E-state index contributed by atoms with van der Waals surface area (Å²) in [7, 11) is 0. The number of rotatable bonds is 2. The van der Waals surface area contributed by atoms with Crippen molar-refractivity contribution in [3.63, 3.8) is 0 Å². The van der Waals surface area contributed by atoms with Crippen LogP contribution in [0.4, 0.5) is 4.39 Å². The molecule has 1 heterocycles. The van der Waals surface area contributed by atoms with Crippen molar-refractivity contribution in [2.24, 2.45) is 0 Å². The molecule has 88 valence electrons. The van der Waals surface area contributed by atoms with Crippen molar-refractivity contribution in [3.8, 4) is 17.0 Å². The van der Waals surface area contributed by atoms with Crippen molar-refractivity contribution in [1.29, 1.82) is 0 Å². The first-order valence-corrected chi connectivity index (χ1v) is 5.17. The molecule has 0 aliphatic rings. The SMILES string of the molecule is O=C(O)c1cc(-c2ccc(O)c(Br)c2F)no1. The van der Waals surface area contributed by atoms with Gasteiger partial charge in [0.25, 0.3) is 0 Å². The summed E-state index contributed by atoms with van der Waals surface area (Å²) in [6.07, 6.45) is 0. The zero-order chi connectivity index (χ0) is 12.6. The maximum Gasteiger partial charge on any atom is 0.374 e. The molecule has 0 bridgehead atoms. The van der Waals surface area contributed by atoms with Gasteiger partial charge in [0.1, 0.15) is 11.4 Å². The van der Waals surface area contributed by atoms with Gasteiger partial charge < -0.3 is 14.7 Å². The van der Waals surface area contributed by atoms with E-state index in [4.69, 9.17) is 5.11 Å². The van der Waals surface area contributed by atoms with Crippen LogP contribution in [0.3, 0.4) is 0 Å². The van der Waals surface area contributed by atoms with E-state index >= 15 is 0 Å². The number of carboxylic acid groups (broad SMARTS) is 1. The molecule has 5 nitrogen and oxygen atoms in total. The molecule has 0 saturated carbocycles. The summed E-state index contributed by atoms with van der Waals surface area (Å²) in [6, 6.07) is 3.64. The molecule has 0 spiro atoms. The molecular formula is C10H5BrFNO4. The Morgan fingerprint density at radius 1 is 1.47 bits per heavy atom. The molecular weight excluding hydrogens is 297 g/mol. The zero-order valence-corrected chi connectivity index (χ0v) is 9.73. The molecule has 7 heteroatoms.